The van der Waals surface area contributed by atoms with Gasteiger partial charge in [0.05, 0.1) is 15.6 Å². The molecule has 0 radical (unpaired) electrons. The minimum atomic E-state index is -3.90. The van der Waals surface area contributed by atoms with E-state index in [1.807, 2.05) is 0 Å². The summed E-state index contributed by atoms with van der Waals surface area (Å²) in [4.78, 5) is 23.5. The van der Waals surface area contributed by atoms with E-state index in [9.17, 15) is 18.0 Å². The molecule has 0 aliphatic heterocycles. The summed E-state index contributed by atoms with van der Waals surface area (Å²) >= 11 is 11.9. The largest absolute Gasteiger partial charge is 0.457 e. The van der Waals surface area contributed by atoms with Crippen molar-refractivity contribution in [3.05, 3.63) is 27.7 Å². The Morgan fingerprint density at radius 1 is 1.19 bits per heavy atom. The normalized spacial score (nSPS) is 14.8. The lowest BCUT2D eigenvalue weighted by atomic mass is 10.2. The highest BCUT2D eigenvalue weighted by Crippen LogP contribution is 2.31. The monoisotopic (exact) mass is 423 g/mol. The highest BCUT2D eigenvalue weighted by atomic mass is 35.5. The van der Waals surface area contributed by atoms with Crippen LogP contribution in [0.3, 0.4) is 0 Å². The van der Waals surface area contributed by atoms with Crippen molar-refractivity contribution in [1.82, 2.24) is 4.72 Å². The van der Waals surface area contributed by atoms with E-state index < -0.39 is 34.2 Å². The third-order valence-corrected chi connectivity index (χ3v) is 5.47. The number of hydrogen-bond donors (Lipinski definition) is 1. The van der Waals surface area contributed by atoms with Gasteiger partial charge >= 0.3 is 11.9 Å². The number of halogens is 2. The lowest BCUT2D eigenvalue weighted by Gasteiger charge is -2.19. The van der Waals surface area contributed by atoms with Gasteiger partial charge in [-0.05, 0) is 45.7 Å². The fraction of sp³-hybridized carbons (Fsp3) is 0.500. The van der Waals surface area contributed by atoms with Gasteiger partial charge in [0.15, 0.2) is 6.61 Å². The van der Waals surface area contributed by atoms with Crippen LogP contribution in [0.4, 0.5) is 0 Å². The van der Waals surface area contributed by atoms with Crippen molar-refractivity contribution in [3.8, 4) is 0 Å². The van der Waals surface area contributed by atoms with Gasteiger partial charge in [0, 0.05) is 6.04 Å². The van der Waals surface area contributed by atoms with E-state index in [-0.39, 0.29) is 26.5 Å². The third-order valence-electron chi connectivity index (χ3n) is 3.17. The van der Waals surface area contributed by atoms with E-state index in [1.54, 1.807) is 20.8 Å². The second-order valence-electron chi connectivity index (χ2n) is 6.82. The molecule has 0 atom stereocenters. The molecule has 0 aromatic heterocycles. The summed E-state index contributed by atoms with van der Waals surface area (Å²) in [6.45, 7) is 4.39. The first-order valence-electron chi connectivity index (χ1n) is 7.79. The number of ether oxygens (including phenoxy) is 2. The summed E-state index contributed by atoms with van der Waals surface area (Å²) in [6, 6.07) is 2.05. The number of hydrogen-bond acceptors (Lipinski definition) is 6. The van der Waals surface area contributed by atoms with E-state index in [0.717, 1.165) is 25.0 Å². The van der Waals surface area contributed by atoms with Crippen molar-refractivity contribution in [1.29, 1.82) is 0 Å². The summed E-state index contributed by atoms with van der Waals surface area (Å²) in [5, 5.41) is -0.207. The highest BCUT2D eigenvalue weighted by molar-refractivity contribution is 7.89. The van der Waals surface area contributed by atoms with E-state index in [1.165, 1.54) is 0 Å². The quantitative estimate of drug-likeness (QED) is 0.706. The van der Waals surface area contributed by atoms with Crippen LogP contribution in [0.5, 0.6) is 0 Å². The number of rotatable bonds is 6. The Hall–Kier alpha value is -1.35. The SMILES string of the molecule is CC(C)(C)OC(=O)COC(=O)c1cc(S(=O)(=O)NC2CC2)c(Cl)cc1Cl. The maximum atomic E-state index is 12.3. The van der Waals surface area contributed by atoms with E-state index in [4.69, 9.17) is 32.7 Å². The molecule has 7 nitrogen and oxygen atoms in total. The second kappa shape index (κ2) is 7.72. The second-order valence-corrected chi connectivity index (χ2v) is 9.32. The minimum absolute atomic E-state index is 0.0884. The van der Waals surface area contributed by atoms with Gasteiger partial charge in [0.1, 0.15) is 10.5 Å². The predicted octanol–water partition coefficient (Wildman–Crippen LogP) is 2.93. The molecule has 1 aliphatic carbocycles. The number of carbonyl (C=O) groups excluding carboxylic acids is 2. The molecule has 1 aromatic rings. The number of sulfonamides is 1. The van der Waals surface area contributed by atoms with Crippen LogP contribution in [0, 0.1) is 0 Å². The van der Waals surface area contributed by atoms with Crippen LogP contribution in [0.25, 0.3) is 0 Å². The van der Waals surface area contributed by atoms with Crippen LogP contribution in [-0.4, -0.2) is 38.6 Å². The number of esters is 2. The summed E-state index contributed by atoms with van der Waals surface area (Å²) in [6.07, 6.45) is 1.49. The van der Waals surface area contributed by atoms with Crippen LogP contribution in [0.2, 0.25) is 10.0 Å². The molecule has 0 unspecified atom stereocenters. The van der Waals surface area contributed by atoms with Crippen molar-refractivity contribution in [3.63, 3.8) is 0 Å². The third kappa shape index (κ3) is 5.84. The number of benzene rings is 1. The summed E-state index contributed by atoms with van der Waals surface area (Å²) in [5.74, 6) is -1.69. The molecule has 0 amide bonds. The van der Waals surface area contributed by atoms with Crippen molar-refractivity contribution in [2.75, 3.05) is 6.61 Å². The van der Waals surface area contributed by atoms with Crippen molar-refractivity contribution < 1.29 is 27.5 Å². The van der Waals surface area contributed by atoms with Crippen molar-refractivity contribution in [2.45, 2.75) is 50.2 Å². The molecular weight excluding hydrogens is 405 g/mol. The Morgan fingerprint density at radius 2 is 1.81 bits per heavy atom. The van der Waals surface area contributed by atoms with Gasteiger partial charge < -0.3 is 9.47 Å². The molecule has 1 saturated carbocycles. The molecule has 1 N–H and O–H groups in total. The Bertz CT molecular complexity index is 828. The first-order chi connectivity index (χ1) is 11.9. The zero-order chi connectivity index (χ0) is 19.7. The molecule has 2 rings (SSSR count). The highest BCUT2D eigenvalue weighted by Gasteiger charge is 2.30. The van der Waals surface area contributed by atoms with Gasteiger partial charge in [-0.15, -0.1) is 0 Å². The average Bonchev–Trinajstić information content (AvgIpc) is 3.25. The van der Waals surface area contributed by atoms with Gasteiger partial charge in [0.2, 0.25) is 10.0 Å². The number of carbonyl (C=O) groups is 2. The van der Waals surface area contributed by atoms with Crippen LogP contribution >= 0.6 is 23.2 Å². The van der Waals surface area contributed by atoms with Gasteiger partial charge in [-0.1, -0.05) is 23.2 Å². The molecule has 0 spiro atoms. The lowest BCUT2D eigenvalue weighted by Crippen LogP contribution is -2.28. The summed E-state index contributed by atoms with van der Waals surface area (Å²) in [7, 11) is -3.90. The van der Waals surface area contributed by atoms with Crippen LogP contribution in [0.1, 0.15) is 44.0 Å². The van der Waals surface area contributed by atoms with Crippen molar-refractivity contribution in [2.24, 2.45) is 0 Å². The maximum absolute atomic E-state index is 12.3. The summed E-state index contributed by atoms with van der Waals surface area (Å²) < 4.78 is 37.0. The number of nitrogens with one attached hydrogen (secondary N) is 1. The first kappa shape index (κ1) is 21.0. The zero-order valence-corrected chi connectivity index (χ0v) is 16.8. The minimum Gasteiger partial charge on any atom is -0.457 e. The lowest BCUT2D eigenvalue weighted by molar-refractivity contribution is -0.158. The molecule has 1 aliphatic rings. The van der Waals surface area contributed by atoms with Gasteiger partial charge in [-0.25, -0.2) is 22.7 Å². The fourth-order valence-electron chi connectivity index (χ4n) is 1.95. The average molecular weight is 424 g/mol. The smallest absolute Gasteiger partial charge is 0.344 e. The van der Waals surface area contributed by atoms with Crippen molar-refractivity contribution >= 4 is 45.2 Å². The molecule has 1 fully saturated rings. The Kier molecular flexibility index (Phi) is 6.22. The molecule has 1 aromatic carbocycles. The van der Waals surface area contributed by atoms with E-state index in [2.05, 4.69) is 4.72 Å². The van der Waals surface area contributed by atoms with E-state index >= 15 is 0 Å². The predicted molar refractivity (Wildman–Crippen MR) is 95.9 cm³/mol. The standard InChI is InChI=1S/C16H19Cl2NO6S/c1-16(2,3)25-14(20)8-24-15(21)10-6-13(12(18)7-11(10)17)26(22,23)19-9-4-5-9/h6-7,9,19H,4-5,8H2,1-3H3. The van der Waals surface area contributed by atoms with Crippen LogP contribution < -0.4 is 4.72 Å². The maximum Gasteiger partial charge on any atom is 0.344 e. The topological polar surface area (TPSA) is 98.8 Å². The van der Waals surface area contributed by atoms with E-state index in [0.29, 0.717) is 0 Å². The summed E-state index contributed by atoms with van der Waals surface area (Å²) in [5.41, 5.74) is -0.937. The molecule has 144 valence electrons. The fourth-order valence-corrected chi connectivity index (χ4v) is 4.10. The van der Waals surface area contributed by atoms with Crippen LogP contribution in [-0.2, 0) is 24.3 Å². The molecule has 0 bridgehead atoms. The molecular formula is C16H19Cl2NO6S. The van der Waals surface area contributed by atoms with Crippen LogP contribution in [0.15, 0.2) is 17.0 Å². The Balaban J connectivity index is 2.16. The zero-order valence-electron chi connectivity index (χ0n) is 14.5. The van der Waals surface area contributed by atoms with Gasteiger partial charge in [-0.3, -0.25) is 0 Å². The molecule has 10 heteroatoms. The molecule has 0 saturated heterocycles. The molecule has 26 heavy (non-hydrogen) atoms. The molecule has 0 heterocycles. The van der Waals surface area contributed by atoms with Gasteiger partial charge in [0.25, 0.3) is 0 Å². The Labute approximate surface area is 162 Å². The first-order valence-corrected chi connectivity index (χ1v) is 10.0. The van der Waals surface area contributed by atoms with Gasteiger partial charge in [-0.2, -0.15) is 0 Å². The Morgan fingerprint density at radius 3 is 2.35 bits per heavy atom.